The molecule has 2 atom stereocenters. The minimum Gasteiger partial charge on any atom is -0.348 e. The molecule has 2 aromatic carbocycles. The lowest BCUT2D eigenvalue weighted by molar-refractivity contribution is -0.713. The van der Waals surface area contributed by atoms with Crippen molar-refractivity contribution in [1.82, 2.24) is 5.32 Å². The first kappa shape index (κ1) is 19.9. The Bertz CT molecular complexity index is 902. The van der Waals surface area contributed by atoms with Gasteiger partial charge in [-0.3, -0.25) is 4.79 Å². The van der Waals surface area contributed by atoms with Crippen molar-refractivity contribution in [2.24, 2.45) is 0 Å². The van der Waals surface area contributed by atoms with Crippen LogP contribution in [0.4, 0.5) is 0 Å². The average Bonchev–Trinajstić information content (AvgIpc) is 3.39. The van der Waals surface area contributed by atoms with E-state index in [1.54, 1.807) is 11.3 Å². The number of thiophene rings is 1. The van der Waals surface area contributed by atoms with Gasteiger partial charge in [0.25, 0.3) is 5.91 Å². The Morgan fingerprint density at radius 1 is 1.03 bits per heavy atom. The van der Waals surface area contributed by atoms with Crippen LogP contribution in [-0.2, 0) is 11.2 Å². The summed E-state index contributed by atoms with van der Waals surface area (Å²) in [7, 11) is 0. The van der Waals surface area contributed by atoms with Gasteiger partial charge in [-0.2, -0.15) is 0 Å². The summed E-state index contributed by atoms with van der Waals surface area (Å²) < 4.78 is 0. The Morgan fingerprint density at radius 3 is 2.41 bits per heavy atom. The molecule has 1 aromatic heterocycles. The van der Waals surface area contributed by atoms with Crippen LogP contribution in [0.1, 0.15) is 59.8 Å². The van der Waals surface area contributed by atoms with E-state index in [-0.39, 0.29) is 18.0 Å². The van der Waals surface area contributed by atoms with Crippen molar-refractivity contribution in [2.45, 2.75) is 50.7 Å². The summed E-state index contributed by atoms with van der Waals surface area (Å²) in [6.45, 7) is 2.21. The third kappa shape index (κ3) is 5.14. The zero-order valence-corrected chi connectivity index (χ0v) is 17.7. The van der Waals surface area contributed by atoms with Crippen LogP contribution in [0.15, 0.2) is 72.1 Å². The number of hydrogen-bond donors (Lipinski definition) is 2. The van der Waals surface area contributed by atoms with Crippen LogP contribution in [0.25, 0.3) is 0 Å². The topological polar surface area (TPSA) is 45.7 Å². The molecule has 0 unspecified atom stereocenters. The fraction of sp³-hybridized carbons (Fsp3) is 0.320. The average molecular weight is 406 g/mol. The molecule has 0 saturated heterocycles. The highest BCUT2D eigenvalue weighted by Crippen LogP contribution is 2.26. The molecule has 0 radical (unpaired) electrons. The Balaban J connectivity index is 1.64. The van der Waals surface area contributed by atoms with Crippen LogP contribution >= 0.6 is 11.3 Å². The first-order valence-electron chi connectivity index (χ1n) is 10.6. The van der Waals surface area contributed by atoms with Gasteiger partial charge < -0.3 is 10.6 Å². The van der Waals surface area contributed by atoms with Gasteiger partial charge in [-0.05, 0) is 36.3 Å². The molecule has 29 heavy (non-hydrogen) atoms. The second-order valence-electron chi connectivity index (χ2n) is 7.85. The molecule has 1 fully saturated rings. The van der Waals surface area contributed by atoms with E-state index in [4.69, 9.17) is 0 Å². The Kier molecular flexibility index (Phi) is 6.43. The lowest BCUT2D eigenvalue weighted by Crippen LogP contribution is -2.88. The van der Waals surface area contributed by atoms with Crippen LogP contribution in [0.3, 0.4) is 0 Å². The first-order valence-corrected chi connectivity index (χ1v) is 11.4. The van der Waals surface area contributed by atoms with Crippen LogP contribution in [0, 0.1) is 0 Å². The minimum absolute atomic E-state index is 0.0980. The summed E-state index contributed by atoms with van der Waals surface area (Å²) in [4.78, 5) is 14.4. The van der Waals surface area contributed by atoms with Crippen LogP contribution < -0.4 is 10.6 Å². The predicted octanol–water partition coefficient (Wildman–Crippen LogP) is 4.37. The number of aryl methyl sites for hydroxylation is 1. The standard InChI is InChI=1S/C25H28N2OS/c1-2-7-18-11-13-20(14-12-18)23(22-10-6-17-29-22)27-24(19-8-4-3-5-9-19)25(28)26-21-15-16-21/h3-6,8-14,17,21,23-24,27H,2,7,15-16H2,1H3,(H,26,28)/p+1/t23-,24-/m0/s1. The maximum Gasteiger partial charge on any atom is 0.283 e. The molecule has 150 valence electrons. The largest absolute Gasteiger partial charge is 0.348 e. The molecular formula is C25H29N2OS+. The molecule has 4 rings (SSSR count). The number of amides is 1. The van der Waals surface area contributed by atoms with E-state index in [2.05, 4.69) is 71.5 Å². The maximum absolute atomic E-state index is 13.1. The fourth-order valence-corrected chi connectivity index (χ4v) is 4.57. The van der Waals surface area contributed by atoms with Crippen LogP contribution in [0.5, 0.6) is 0 Å². The predicted molar refractivity (Wildman–Crippen MR) is 119 cm³/mol. The monoisotopic (exact) mass is 405 g/mol. The molecule has 3 aromatic rings. The Morgan fingerprint density at radius 2 is 1.79 bits per heavy atom. The third-order valence-electron chi connectivity index (χ3n) is 5.48. The molecule has 1 aliphatic rings. The van der Waals surface area contributed by atoms with E-state index >= 15 is 0 Å². The van der Waals surface area contributed by atoms with Crippen molar-refractivity contribution >= 4 is 17.2 Å². The Hall–Kier alpha value is -2.43. The summed E-state index contributed by atoms with van der Waals surface area (Å²) in [5.74, 6) is 0.114. The highest BCUT2D eigenvalue weighted by Gasteiger charge is 2.33. The SMILES string of the molecule is CCCc1ccc([C@H]([NH2+][C@H](C(=O)NC2CC2)c2ccccc2)c2cccs2)cc1. The zero-order chi connectivity index (χ0) is 20.1. The van der Waals surface area contributed by atoms with Gasteiger partial charge in [0.1, 0.15) is 6.04 Å². The van der Waals surface area contributed by atoms with E-state index in [0.717, 1.165) is 31.2 Å². The van der Waals surface area contributed by atoms with E-state index in [1.807, 2.05) is 18.2 Å². The van der Waals surface area contributed by atoms with Crippen molar-refractivity contribution in [3.8, 4) is 0 Å². The molecule has 0 spiro atoms. The molecular weight excluding hydrogens is 376 g/mol. The van der Waals surface area contributed by atoms with Gasteiger partial charge in [-0.1, -0.05) is 74.0 Å². The summed E-state index contributed by atoms with van der Waals surface area (Å²) in [6.07, 6.45) is 4.45. The van der Waals surface area contributed by atoms with Gasteiger partial charge in [0.2, 0.25) is 0 Å². The van der Waals surface area contributed by atoms with Crippen molar-refractivity contribution in [3.63, 3.8) is 0 Å². The lowest BCUT2D eigenvalue weighted by atomic mass is 9.98. The maximum atomic E-state index is 13.1. The van der Waals surface area contributed by atoms with Gasteiger partial charge >= 0.3 is 0 Å². The molecule has 0 aliphatic heterocycles. The quantitative estimate of drug-likeness (QED) is 0.545. The molecule has 4 heteroatoms. The van der Waals surface area contributed by atoms with Crippen molar-refractivity contribution in [2.75, 3.05) is 0 Å². The van der Waals surface area contributed by atoms with Gasteiger partial charge in [-0.25, -0.2) is 0 Å². The number of hydrogen-bond acceptors (Lipinski definition) is 2. The number of rotatable bonds is 9. The van der Waals surface area contributed by atoms with E-state index in [0.29, 0.717) is 6.04 Å². The number of carbonyl (C=O) groups excluding carboxylic acids is 1. The van der Waals surface area contributed by atoms with E-state index < -0.39 is 0 Å². The molecule has 0 bridgehead atoms. The number of carbonyl (C=O) groups is 1. The van der Waals surface area contributed by atoms with Crippen LogP contribution in [-0.4, -0.2) is 11.9 Å². The van der Waals surface area contributed by atoms with E-state index in [9.17, 15) is 4.79 Å². The van der Waals surface area contributed by atoms with Crippen LogP contribution in [0.2, 0.25) is 0 Å². The molecule has 3 N–H and O–H groups in total. The number of quaternary nitrogens is 1. The van der Waals surface area contributed by atoms with E-state index in [1.165, 1.54) is 16.0 Å². The van der Waals surface area contributed by atoms with Gasteiger partial charge in [0, 0.05) is 17.2 Å². The molecule has 1 heterocycles. The highest BCUT2D eigenvalue weighted by atomic mass is 32.1. The Labute approximate surface area is 177 Å². The normalized spacial score (nSPS) is 15.6. The summed E-state index contributed by atoms with van der Waals surface area (Å²) in [6, 6.07) is 23.5. The second-order valence-corrected chi connectivity index (χ2v) is 8.83. The number of benzene rings is 2. The smallest absolute Gasteiger partial charge is 0.283 e. The molecule has 1 amide bonds. The zero-order valence-electron chi connectivity index (χ0n) is 16.9. The molecule has 3 nitrogen and oxygen atoms in total. The van der Waals surface area contributed by atoms with Gasteiger partial charge in [-0.15, -0.1) is 11.3 Å². The lowest BCUT2D eigenvalue weighted by Gasteiger charge is -2.22. The van der Waals surface area contributed by atoms with Gasteiger partial charge in [0.15, 0.2) is 6.04 Å². The second kappa shape index (κ2) is 9.38. The highest BCUT2D eigenvalue weighted by molar-refractivity contribution is 7.10. The minimum atomic E-state index is -0.265. The molecule has 1 saturated carbocycles. The summed E-state index contributed by atoms with van der Waals surface area (Å²) >= 11 is 1.75. The van der Waals surface area contributed by atoms with Crippen molar-refractivity contribution < 1.29 is 10.1 Å². The van der Waals surface area contributed by atoms with Crippen molar-refractivity contribution in [3.05, 3.63) is 93.7 Å². The number of nitrogens with one attached hydrogen (secondary N) is 1. The molecule has 1 aliphatic carbocycles. The number of nitrogens with two attached hydrogens (primary N) is 1. The third-order valence-corrected chi connectivity index (χ3v) is 6.43. The van der Waals surface area contributed by atoms with Crippen molar-refractivity contribution in [1.29, 1.82) is 0 Å². The van der Waals surface area contributed by atoms with Gasteiger partial charge in [0.05, 0.1) is 4.88 Å². The fourth-order valence-electron chi connectivity index (χ4n) is 3.74. The first-order chi connectivity index (χ1) is 14.2. The summed E-state index contributed by atoms with van der Waals surface area (Å²) in [5, 5.41) is 7.56. The summed E-state index contributed by atoms with van der Waals surface area (Å²) in [5.41, 5.74) is 3.66.